The molecule has 12 heteroatoms. The maximum atomic E-state index is 13.7. The van der Waals surface area contributed by atoms with Crippen LogP contribution in [0.1, 0.15) is 62.0 Å². The summed E-state index contributed by atoms with van der Waals surface area (Å²) in [4.78, 5) is 46.4. The number of fused-ring (bicyclic) bond motifs is 9. The van der Waals surface area contributed by atoms with Crippen LogP contribution in [0.15, 0.2) is 35.4 Å². The van der Waals surface area contributed by atoms with Crippen molar-refractivity contribution in [1.29, 1.82) is 0 Å². The lowest BCUT2D eigenvalue weighted by Crippen LogP contribution is -2.40. The quantitative estimate of drug-likeness (QED) is 0.315. The second-order valence-electron chi connectivity index (χ2n) is 12.9. The number of hydrogen-bond acceptors (Lipinski definition) is 7. The zero-order chi connectivity index (χ0) is 31.3. The van der Waals surface area contributed by atoms with E-state index in [2.05, 4.69) is 21.9 Å². The van der Waals surface area contributed by atoms with E-state index in [4.69, 9.17) is 14.5 Å². The van der Waals surface area contributed by atoms with Crippen LogP contribution >= 0.6 is 0 Å². The molecule has 0 saturated carbocycles. The van der Waals surface area contributed by atoms with E-state index in [1.807, 2.05) is 32.9 Å². The van der Waals surface area contributed by atoms with E-state index in [0.29, 0.717) is 61.2 Å². The summed E-state index contributed by atoms with van der Waals surface area (Å²) in [6.45, 7) is 9.83. The van der Waals surface area contributed by atoms with Crippen molar-refractivity contribution in [3.63, 3.8) is 0 Å². The Morgan fingerprint density at radius 2 is 1.95 bits per heavy atom. The topological polar surface area (TPSA) is 126 Å². The van der Waals surface area contributed by atoms with Gasteiger partial charge in [0.1, 0.15) is 5.60 Å². The Kier molecular flexibility index (Phi) is 7.46. The van der Waals surface area contributed by atoms with Gasteiger partial charge in [0.25, 0.3) is 11.5 Å². The Bertz CT molecular complexity index is 1830. The Balaban J connectivity index is 1.41. The first-order valence-corrected chi connectivity index (χ1v) is 15.1. The molecular weight excluding hydrogens is 562 g/mol. The standard InChI is InChI=1S/C32H39N7O5/c1-19-8-7-13-43-29-24(15-33-37(29)6)23-14-21(17-36(5)28(23)41)27(40)35-30-34-25-10-9-20-18-38(31(42)44-32(2,3)4)12-11-22(20)26(25)39(30)16-19/h9-10,14-15,17,19H,7-8,11-13,16,18H2,1-6H3,(H,34,35,40)/t19-/m1/s1. The van der Waals surface area contributed by atoms with Gasteiger partial charge in [0, 0.05) is 39.9 Å². The molecule has 6 rings (SSSR count). The maximum Gasteiger partial charge on any atom is 0.410 e. The molecule has 1 aromatic carbocycles. The minimum absolute atomic E-state index is 0.243. The number of nitrogens with one attached hydrogen (secondary N) is 1. The molecule has 0 saturated heterocycles. The van der Waals surface area contributed by atoms with Gasteiger partial charge in [0.05, 0.1) is 40.5 Å². The van der Waals surface area contributed by atoms with Crippen LogP contribution in [0.5, 0.6) is 5.88 Å². The molecular formula is C32H39N7O5. The Morgan fingerprint density at radius 3 is 2.73 bits per heavy atom. The number of carbonyl (C=O) groups is 2. The van der Waals surface area contributed by atoms with Gasteiger partial charge in [-0.05, 0) is 69.2 Å². The number of rotatable bonds is 0. The smallest absolute Gasteiger partial charge is 0.410 e. The van der Waals surface area contributed by atoms with Crippen molar-refractivity contribution >= 4 is 29.0 Å². The second kappa shape index (κ2) is 11.1. The molecule has 0 aliphatic carbocycles. The first kappa shape index (κ1) is 29.5. The molecule has 0 unspecified atom stereocenters. The fraction of sp³-hybridized carbons (Fsp3) is 0.469. The molecule has 2 aliphatic heterocycles. The van der Waals surface area contributed by atoms with Crippen molar-refractivity contribution in [1.82, 2.24) is 28.8 Å². The molecule has 12 nitrogen and oxygen atoms in total. The average Bonchev–Trinajstić information content (AvgIpc) is 3.50. The van der Waals surface area contributed by atoms with E-state index in [1.54, 1.807) is 35.9 Å². The lowest BCUT2D eigenvalue weighted by molar-refractivity contribution is 0.0224. The van der Waals surface area contributed by atoms with Crippen LogP contribution in [0.2, 0.25) is 0 Å². The summed E-state index contributed by atoms with van der Waals surface area (Å²) in [7, 11) is 3.39. The molecule has 1 atom stereocenters. The van der Waals surface area contributed by atoms with Gasteiger partial charge in [0.2, 0.25) is 11.8 Å². The van der Waals surface area contributed by atoms with Crippen LogP contribution < -0.4 is 15.6 Å². The summed E-state index contributed by atoms with van der Waals surface area (Å²) in [6, 6.07) is 5.54. The second-order valence-corrected chi connectivity index (χ2v) is 12.9. The monoisotopic (exact) mass is 601 g/mol. The number of carbonyl (C=O) groups excluding carboxylic acids is 2. The van der Waals surface area contributed by atoms with Crippen molar-refractivity contribution in [2.75, 3.05) is 18.5 Å². The van der Waals surface area contributed by atoms with E-state index in [1.165, 1.54) is 10.8 Å². The molecule has 0 spiro atoms. The summed E-state index contributed by atoms with van der Waals surface area (Å²) < 4.78 is 16.9. The van der Waals surface area contributed by atoms with Crippen LogP contribution in [0.3, 0.4) is 0 Å². The molecule has 2 amide bonds. The number of pyridine rings is 1. The van der Waals surface area contributed by atoms with Gasteiger partial charge >= 0.3 is 6.09 Å². The van der Waals surface area contributed by atoms with Gasteiger partial charge in [0.15, 0.2) is 0 Å². The van der Waals surface area contributed by atoms with E-state index in [-0.39, 0.29) is 23.5 Å². The summed E-state index contributed by atoms with van der Waals surface area (Å²) in [5.41, 5.74) is 4.28. The first-order chi connectivity index (χ1) is 20.9. The highest BCUT2D eigenvalue weighted by molar-refractivity contribution is 6.04. The molecule has 0 radical (unpaired) electrons. The van der Waals surface area contributed by atoms with E-state index >= 15 is 0 Å². The van der Waals surface area contributed by atoms with Crippen molar-refractivity contribution in [3.05, 3.63) is 57.6 Å². The molecule has 1 N–H and O–H groups in total. The number of nitrogens with zero attached hydrogens (tertiary/aromatic N) is 6. The SMILES string of the molecule is C[C@@H]1CCCOc2c(cnn2C)-c2cc(cn(C)c2=O)C(=O)Nc2nc3ccc4c(c3n2C1)CCN(C(=O)OC(C)(C)C)C4. The summed E-state index contributed by atoms with van der Waals surface area (Å²) >= 11 is 0. The fourth-order valence-corrected chi connectivity index (χ4v) is 6.04. The molecule has 2 bridgehead atoms. The van der Waals surface area contributed by atoms with Gasteiger partial charge in [-0.25, -0.2) is 14.5 Å². The Morgan fingerprint density at radius 1 is 1.16 bits per heavy atom. The van der Waals surface area contributed by atoms with E-state index < -0.39 is 5.60 Å². The largest absolute Gasteiger partial charge is 0.477 e. The van der Waals surface area contributed by atoms with Gasteiger partial charge in [-0.3, -0.25) is 14.9 Å². The van der Waals surface area contributed by atoms with Gasteiger partial charge in [-0.1, -0.05) is 13.0 Å². The lowest BCUT2D eigenvalue weighted by Gasteiger charge is -2.31. The normalized spacial score (nSPS) is 17.5. The van der Waals surface area contributed by atoms with Crippen LogP contribution in [0.4, 0.5) is 10.7 Å². The predicted octanol–water partition coefficient (Wildman–Crippen LogP) is 4.49. The van der Waals surface area contributed by atoms with Crippen LogP contribution in [0.25, 0.3) is 22.2 Å². The highest BCUT2D eigenvalue weighted by atomic mass is 16.6. The number of hydrogen-bond donors (Lipinski definition) is 1. The molecule has 4 aromatic rings. The van der Waals surface area contributed by atoms with Gasteiger partial charge in [-0.2, -0.15) is 5.10 Å². The Labute approximate surface area is 255 Å². The summed E-state index contributed by atoms with van der Waals surface area (Å²) in [5.74, 6) is 0.807. The molecule has 3 aromatic heterocycles. The Hall–Kier alpha value is -4.61. The number of ether oxygens (including phenoxy) is 2. The van der Waals surface area contributed by atoms with Crippen LogP contribution in [0, 0.1) is 5.92 Å². The van der Waals surface area contributed by atoms with E-state index in [9.17, 15) is 14.4 Å². The van der Waals surface area contributed by atoms with Crippen molar-refractivity contribution in [2.24, 2.45) is 20.0 Å². The molecule has 5 heterocycles. The summed E-state index contributed by atoms with van der Waals surface area (Å²) in [5, 5.41) is 7.36. The first-order valence-electron chi connectivity index (χ1n) is 15.1. The number of aryl methyl sites for hydroxylation is 2. The number of amides is 2. The molecule has 232 valence electrons. The molecule has 2 aliphatic rings. The maximum absolute atomic E-state index is 13.7. The number of benzene rings is 1. The van der Waals surface area contributed by atoms with E-state index in [0.717, 1.165) is 35.0 Å². The van der Waals surface area contributed by atoms with Crippen molar-refractivity contribution in [3.8, 4) is 17.0 Å². The minimum atomic E-state index is -0.570. The third kappa shape index (κ3) is 5.56. The van der Waals surface area contributed by atoms with Crippen molar-refractivity contribution < 1.29 is 19.1 Å². The molecule has 0 fully saturated rings. The highest BCUT2D eigenvalue weighted by Gasteiger charge is 2.29. The van der Waals surface area contributed by atoms with Gasteiger partial charge < -0.3 is 23.5 Å². The number of anilines is 1. The van der Waals surface area contributed by atoms with Crippen LogP contribution in [-0.4, -0.2) is 59.6 Å². The molecule has 44 heavy (non-hydrogen) atoms. The minimum Gasteiger partial charge on any atom is -0.477 e. The summed E-state index contributed by atoms with van der Waals surface area (Å²) in [6.07, 6.45) is 5.11. The zero-order valence-electron chi connectivity index (χ0n) is 26.1. The lowest BCUT2D eigenvalue weighted by atomic mass is 9.97. The number of aromatic nitrogens is 5. The van der Waals surface area contributed by atoms with Crippen molar-refractivity contribution in [2.45, 2.75) is 65.6 Å². The zero-order valence-corrected chi connectivity index (χ0v) is 26.1. The number of imidazole rings is 1. The van der Waals surface area contributed by atoms with Gasteiger partial charge in [-0.15, -0.1) is 0 Å². The predicted molar refractivity (Wildman–Crippen MR) is 166 cm³/mol. The third-order valence-electron chi connectivity index (χ3n) is 8.17. The highest BCUT2D eigenvalue weighted by Crippen LogP contribution is 2.33. The third-order valence-corrected chi connectivity index (χ3v) is 8.17. The average molecular weight is 602 g/mol. The fourth-order valence-electron chi connectivity index (χ4n) is 6.04. The van der Waals surface area contributed by atoms with Crippen LogP contribution in [-0.2, 0) is 38.3 Å².